The normalized spacial score (nSPS) is 11.4. The molecule has 0 saturated carbocycles. The van der Waals surface area contributed by atoms with E-state index >= 15 is 0 Å². The van der Waals surface area contributed by atoms with Crippen molar-refractivity contribution in [1.29, 1.82) is 0 Å². The number of non-ortho nitro benzene ring substituents is 1. The zero-order valence-electron chi connectivity index (χ0n) is 14.2. The van der Waals surface area contributed by atoms with Gasteiger partial charge in [-0.3, -0.25) is 14.9 Å². The number of methoxy groups -OCH3 is 1. The Morgan fingerprint density at radius 2 is 1.89 bits per heavy atom. The van der Waals surface area contributed by atoms with Crippen LogP contribution < -0.4 is 10.1 Å². The molecule has 142 valence electrons. The SMILES string of the molecule is COc1cc([N+](=O)[O-])ccc1NC(=O)[C@@H](C)OC(=O)c1ccc(Cl)cc1Cl. The summed E-state index contributed by atoms with van der Waals surface area (Å²) in [5.74, 6) is -1.35. The highest BCUT2D eigenvalue weighted by Crippen LogP contribution is 2.29. The molecule has 2 aromatic rings. The minimum Gasteiger partial charge on any atom is -0.494 e. The second kappa shape index (κ2) is 8.70. The molecule has 0 aliphatic carbocycles. The van der Waals surface area contributed by atoms with Crippen LogP contribution in [0.3, 0.4) is 0 Å². The van der Waals surface area contributed by atoms with Crippen molar-refractivity contribution in [1.82, 2.24) is 0 Å². The number of amides is 1. The summed E-state index contributed by atoms with van der Waals surface area (Å²) in [7, 11) is 1.31. The van der Waals surface area contributed by atoms with Gasteiger partial charge in [0, 0.05) is 11.1 Å². The molecule has 10 heteroatoms. The van der Waals surface area contributed by atoms with E-state index in [1.54, 1.807) is 0 Å². The van der Waals surface area contributed by atoms with Crippen LogP contribution in [-0.2, 0) is 9.53 Å². The lowest BCUT2D eigenvalue weighted by Crippen LogP contribution is -2.30. The molecule has 1 atom stereocenters. The largest absolute Gasteiger partial charge is 0.494 e. The van der Waals surface area contributed by atoms with Crippen LogP contribution in [0.4, 0.5) is 11.4 Å². The Kier molecular flexibility index (Phi) is 6.59. The molecule has 0 saturated heterocycles. The van der Waals surface area contributed by atoms with Crippen molar-refractivity contribution in [3.8, 4) is 5.75 Å². The van der Waals surface area contributed by atoms with E-state index in [1.165, 1.54) is 50.4 Å². The number of halogens is 2. The summed E-state index contributed by atoms with van der Waals surface area (Å²) in [6.07, 6.45) is -1.16. The number of nitrogens with zero attached hydrogens (tertiary/aromatic N) is 1. The van der Waals surface area contributed by atoms with Crippen molar-refractivity contribution in [3.63, 3.8) is 0 Å². The Labute approximate surface area is 164 Å². The fraction of sp³-hybridized carbons (Fsp3) is 0.176. The first-order chi connectivity index (χ1) is 12.7. The third-order valence-electron chi connectivity index (χ3n) is 3.46. The zero-order valence-corrected chi connectivity index (χ0v) is 15.7. The first-order valence-electron chi connectivity index (χ1n) is 7.52. The predicted octanol–water partition coefficient (Wildman–Crippen LogP) is 4.09. The number of ether oxygens (including phenoxy) is 2. The fourth-order valence-electron chi connectivity index (χ4n) is 2.06. The third kappa shape index (κ3) is 5.08. The summed E-state index contributed by atoms with van der Waals surface area (Å²) in [6, 6.07) is 7.93. The Bertz CT molecular complexity index is 903. The summed E-state index contributed by atoms with van der Waals surface area (Å²) in [6.45, 7) is 1.37. The molecule has 0 heterocycles. The molecule has 8 nitrogen and oxygen atoms in total. The van der Waals surface area contributed by atoms with E-state index in [9.17, 15) is 19.7 Å². The number of carbonyl (C=O) groups is 2. The monoisotopic (exact) mass is 412 g/mol. The molecular weight excluding hydrogens is 399 g/mol. The van der Waals surface area contributed by atoms with Crippen molar-refractivity contribution in [2.75, 3.05) is 12.4 Å². The van der Waals surface area contributed by atoms with Gasteiger partial charge in [-0.1, -0.05) is 23.2 Å². The maximum Gasteiger partial charge on any atom is 0.340 e. The van der Waals surface area contributed by atoms with Crippen molar-refractivity contribution < 1.29 is 24.0 Å². The lowest BCUT2D eigenvalue weighted by atomic mass is 10.2. The molecule has 2 rings (SSSR count). The second-order valence-corrected chi connectivity index (χ2v) is 6.15. The molecule has 1 amide bonds. The highest BCUT2D eigenvalue weighted by molar-refractivity contribution is 6.36. The number of nitrogens with one attached hydrogen (secondary N) is 1. The van der Waals surface area contributed by atoms with Gasteiger partial charge in [0.1, 0.15) is 5.75 Å². The van der Waals surface area contributed by atoms with Crippen molar-refractivity contribution >= 4 is 46.5 Å². The molecule has 0 fully saturated rings. The first-order valence-corrected chi connectivity index (χ1v) is 8.28. The molecule has 0 unspecified atom stereocenters. The number of esters is 1. The van der Waals surface area contributed by atoms with Crippen LogP contribution in [-0.4, -0.2) is 30.0 Å². The summed E-state index contributed by atoms with van der Waals surface area (Å²) in [4.78, 5) is 34.6. The molecule has 0 bridgehead atoms. The molecular formula is C17H14Cl2N2O6. The smallest absolute Gasteiger partial charge is 0.340 e. The highest BCUT2D eigenvalue weighted by Gasteiger charge is 2.22. The van der Waals surface area contributed by atoms with E-state index in [4.69, 9.17) is 32.7 Å². The molecule has 2 aromatic carbocycles. The number of hydrogen-bond donors (Lipinski definition) is 1. The van der Waals surface area contributed by atoms with Crippen LogP contribution in [0.2, 0.25) is 10.0 Å². The van der Waals surface area contributed by atoms with Gasteiger partial charge in [-0.2, -0.15) is 0 Å². The van der Waals surface area contributed by atoms with Gasteiger partial charge < -0.3 is 14.8 Å². The van der Waals surface area contributed by atoms with Crippen molar-refractivity contribution in [2.45, 2.75) is 13.0 Å². The number of carbonyl (C=O) groups excluding carboxylic acids is 2. The summed E-state index contributed by atoms with van der Waals surface area (Å²) >= 11 is 11.7. The fourth-order valence-corrected chi connectivity index (χ4v) is 2.55. The third-order valence-corrected chi connectivity index (χ3v) is 4.01. The number of hydrogen-bond acceptors (Lipinski definition) is 6. The van der Waals surface area contributed by atoms with E-state index in [1.807, 2.05) is 0 Å². The van der Waals surface area contributed by atoms with Crippen molar-refractivity contribution in [3.05, 3.63) is 62.1 Å². The summed E-state index contributed by atoms with van der Waals surface area (Å²) in [5.41, 5.74) is 0.0656. The zero-order chi connectivity index (χ0) is 20.1. The van der Waals surface area contributed by atoms with Gasteiger partial charge in [-0.15, -0.1) is 0 Å². The molecule has 27 heavy (non-hydrogen) atoms. The van der Waals surface area contributed by atoms with Gasteiger partial charge in [0.05, 0.1) is 34.4 Å². The minimum atomic E-state index is -1.16. The molecule has 0 aliphatic rings. The van der Waals surface area contributed by atoms with E-state index < -0.39 is 22.9 Å². The quantitative estimate of drug-likeness (QED) is 0.434. The molecule has 0 aliphatic heterocycles. The van der Waals surface area contributed by atoms with Crippen LogP contribution in [0, 0.1) is 10.1 Å². The predicted molar refractivity (Wildman–Crippen MR) is 99.6 cm³/mol. The Balaban J connectivity index is 2.09. The Hall–Kier alpha value is -2.84. The van der Waals surface area contributed by atoms with Crippen LogP contribution in [0.25, 0.3) is 0 Å². The Morgan fingerprint density at radius 3 is 2.48 bits per heavy atom. The first kappa shape index (κ1) is 20.5. The van der Waals surface area contributed by atoms with E-state index in [0.717, 1.165) is 0 Å². The molecule has 0 radical (unpaired) electrons. The average molecular weight is 413 g/mol. The van der Waals surface area contributed by atoms with Crippen LogP contribution in [0.15, 0.2) is 36.4 Å². The topological polar surface area (TPSA) is 108 Å². The molecule has 0 aromatic heterocycles. The standard InChI is InChI=1S/C17H14Cl2N2O6/c1-9(27-17(23)12-5-3-10(18)7-13(12)19)16(22)20-14-6-4-11(21(24)25)8-15(14)26-2/h3-9H,1-2H3,(H,20,22)/t9-/m1/s1. The van der Waals surface area contributed by atoms with Gasteiger partial charge in [-0.25, -0.2) is 4.79 Å². The van der Waals surface area contributed by atoms with Gasteiger partial charge in [0.15, 0.2) is 6.10 Å². The van der Waals surface area contributed by atoms with Gasteiger partial charge in [0.2, 0.25) is 0 Å². The summed E-state index contributed by atoms with van der Waals surface area (Å²) < 4.78 is 10.1. The number of benzene rings is 2. The average Bonchev–Trinajstić information content (AvgIpc) is 2.61. The minimum absolute atomic E-state index is 0.0635. The number of anilines is 1. The van der Waals surface area contributed by atoms with E-state index in [2.05, 4.69) is 5.32 Å². The highest BCUT2D eigenvalue weighted by atomic mass is 35.5. The number of rotatable bonds is 6. The number of nitro benzene ring substituents is 1. The lowest BCUT2D eigenvalue weighted by Gasteiger charge is -2.15. The van der Waals surface area contributed by atoms with Gasteiger partial charge in [-0.05, 0) is 31.2 Å². The van der Waals surface area contributed by atoms with Gasteiger partial charge in [0.25, 0.3) is 11.6 Å². The number of nitro groups is 1. The van der Waals surface area contributed by atoms with E-state index in [0.29, 0.717) is 5.02 Å². The van der Waals surface area contributed by atoms with Crippen LogP contribution >= 0.6 is 23.2 Å². The second-order valence-electron chi connectivity index (χ2n) is 5.30. The van der Waals surface area contributed by atoms with Crippen LogP contribution in [0.1, 0.15) is 17.3 Å². The summed E-state index contributed by atoms with van der Waals surface area (Å²) in [5, 5.41) is 13.7. The maximum absolute atomic E-state index is 12.3. The maximum atomic E-state index is 12.3. The molecule has 1 N–H and O–H groups in total. The van der Waals surface area contributed by atoms with E-state index in [-0.39, 0.29) is 27.7 Å². The molecule has 0 spiro atoms. The van der Waals surface area contributed by atoms with Crippen molar-refractivity contribution in [2.24, 2.45) is 0 Å². The van der Waals surface area contributed by atoms with Gasteiger partial charge >= 0.3 is 5.97 Å². The van der Waals surface area contributed by atoms with Crippen LogP contribution in [0.5, 0.6) is 5.75 Å². The lowest BCUT2D eigenvalue weighted by molar-refractivity contribution is -0.384. The Morgan fingerprint density at radius 1 is 1.19 bits per heavy atom.